The van der Waals surface area contributed by atoms with Crippen molar-refractivity contribution in [2.75, 3.05) is 61.7 Å². The van der Waals surface area contributed by atoms with Crippen molar-refractivity contribution in [3.63, 3.8) is 0 Å². The number of ether oxygens (including phenoxy) is 2. The predicted octanol–water partition coefficient (Wildman–Crippen LogP) is 0.129. The molecule has 90 valence electrons. The van der Waals surface area contributed by atoms with Gasteiger partial charge in [-0.15, -0.1) is 0 Å². The highest BCUT2D eigenvalue weighted by Gasteiger charge is 2.02. The van der Waals surface area contributed by atoms with E-state index < -0.39 is 0 Å². The van der Waals surface area contributed by atoms with Crippen LogP contribution < -0.4 is 0 Å². The van der Waals surface area contributed by atoms with Gasteiger partial charge in [0.05, 0.1) is 26.4 Å². The molecule has 0 aromatic heterocycles. The van der Waals surface area contributed by atoms with Crippen molar-refractivity contribution >= 4 is 5.96 Å². The van der Waals surface area contributed by atoms with Crippen LogP contribution in [0.2, 0.25) is 0 Å². The zero-order chi connectivity index (χ0) is 11.7. The first-order valence-corrected chi connectivity index (χ1v) is 5.05. The molecule has 0 unspecified atom stereocenters. The molecule has 0 rings (SSSR count). The lowest BCUT2D eigenvalue weighted by molar-refractivity contribution is 0.0747. The van der Waals surface area contributed by atoms with Gasteiger partial charge in [-0.1, -0.05) is 0 Å². The molecule has 0 aromatic carbocycles. The fourth-order valence-electron chi connectivity index (χ4n) is 1.14. The zero-order valence-corrected chi connectivity index (χ0v) is 10.5. The minimum absolute atomic E-state index is 0.630. The number of rotatable bonds is 6. The summed E-state index contributed by atoms with van der Waals surface area (Å²) in [5.74, 6) is 0.949. The van der Waals surface area contributed by atoms with Gasteiger partial charge >= 0.3 is 0 Å². The van der Waals surface area contributed by atoms with E-state index in [1.807, 2.05) is 38.0 Å². The second-order valence-corrected chi connectivity index (χ2v) is 3.58. The first-order valence-electron chi connectivity index (χ1n) is 5.05. The lowest BCUT2D eigenvalue weighted by atomic mass is 10.6. The Labute approximate surface area is 92.7 Å². The van der Waals surface area contributed by atoms with Crippen LogP contribution in [0.4, 0.5) is 0 Å². The molecule has 0 aliphatic heterocycles. The van der Waals surface area contributed by atoms with Crippen LogP contribution in [0.3, 0.4) is 0 Å². The van der Waals surface area contributed by atoms with E-state index in [4.69, 9.17) is 9.47 Å². The molecule has 0 radical (unpaired) electrons. The quantitative estimate of drug-likeness (QED) is 0.360. The standard InChI is InChI=1S/C10H23N3O2/c1-12(2)10(13(3)4)11-6-7-15-9-8-14-5/h6-9H2,1-5H3. The SMILES string of the molecule is COCCOCCN=C(N(C)C)N(C)C. The van der Waals surface area contributed by atoms with Gasteiger partial charge in [-0.2, -0.15) is 0 Å². The summed E-state index contributed by atoms with van der Waals surface area (Å²) in [6.07, 6.45) is 0. The van der Waals surface area contributed by atoms with E-state index in [0.29, 0.717) is 26.4 Å². The van der Waals surface area contributed by atoms with E-state index in [2.05, 4.69) is 4.99 Å². The first kappa shape index (κ1) is 14.2. The van der Waals surface area contributed by atoms with Gasteiger partial charge in [-0.25, -0.2) is 0 Å². The Morgan fingerprint density at radius 3 is 2.07 bits per heavy atom. The first-order chi connectivity index (χ1) is 7.09. The van der Waals surface area contributed by atoms with Crippen molar-refractivity contribution in [1.82, 2.24) is 9.80 Å². The topological polar surface area (TPSA) is 37.3 Å². The fraction of sp³-hybridized carbons (Fsp3) is 0.900. The molecule has 15 heavy (non-hydrogen) atoms. The van der Waals surface area contributed by atoms with Crippen molar-refractivity contribution in [3.05, 3.63) is 0 Å². The molecular weight excluding hydrogens is 194 g/mol. The summed E-state index contributed by atoms with van der Waals surface area (Å²) in [5, 5.41) is 0. The summed E-state index contributed by atoms with van der Waals surface area (Å²) >= 11 is 0. The molecule has 0 saturated carbocycles. The molecule has 5 nitrogen and oxygen atoms in total. The second-order valence-electron chi connectivity index (χ2n) is 3.58. The van der Waals surface area contributed by atoms with E-state index in [9.17, 15) is 0 Å². The largest absolute Gasteiger partial charge is 0.382 e. The smallest absolute Gasteiger partial charge is 0.195 e. The summed E-state index contributed by atoms with van der Waals surface area (Å²) in [6.45, 7) is 2.58. The Morgan fingerprint density at radius 1 is 1.00 bits per heavy atom. The lowest BCUT2D eigenvalue weighted by Gasteiger charge is -2.22. The highest BCUT2D eigenvalue weighted by Crippen LogP contribution is 1.89. The van der Waals surface area contributed by atoms with E-state index in [1.54, 1.807) is 7.11 Å². The molecular formula is C10H23N3O2. The molecule has 0 fully saturated rings. The van der Waals surface area contributed by atoms with E-state index in [0.717, 1.165) is 5.96 Å². The highest BCUT2D eigenvalue weighted by atomic mass is 16.5. The second kappa shape index (κ2) is 8.49. The Kier molecular flexibility index (Phi) is 8.04. The van der Waals surface area contributed by atoms with Crippen LogP contribution in [0.15, 0.2) is 4.99 Å². The van der Waals surface area contributed by atoms with Gasteiger partial charge in [0.1, 0.15) is 0 Å². The van der Waals surface area contributed by atoms with E-state index in [-0.39, 0.29) is 0 Å². The Balaban J connectivity index is 3.71. The average molecular weight is 217 g/mol. The molecule has 0 N–H and O–H groups in total. The van der Waals surface area contributed by atoms with Crippen LogP contribution >= 0.6 is 0 Å². The van der Waals surface area contributed by atoms with Crippen molar-refractivity contribution in [2.24, 2.45) is 4.99 Å². The van der Waals surface area contributed by atoms with Crippen LogP contribution in [0, 0.1) is 0 Å². The number of nitrogens with zero attached hydrogens (tertiary/aromatic N) is 3. The van der Waals surface area contributed by atoms with Gasteiger partial charge in [0.25, 0.3) is 0 Å². The van der Waals surface area contributed by atoms with Gasteiger partial charge in [0.2, 0.25) is 0 Å². The molecule has 0 atom stereocenters. The summed E-state index contributed by atoms with van der Waals surface area (Å²) in [6, 6.07) is 0. The maximum Gasteiger partial charge on any atom is 0.195 e. The van der Waals surface area contributed by atoms with Gasteiger partial charge in [-0.05, 0) is 0 Å². The highest BCUT2D eigenvalue weighted by molar-refractivity contribution is 5.79. The maximum absolute atomic E-state index is 5.31. The summed E-state index contributed by atoms with van der Waals surface area (Å²) in [5.41, 5.74) is 0. The third-order valence-electron chi connectivity index (χ3n) is 1.72. The van der Waals surface area contributed by atoms with Crippen molar-refractivity contribution in [1.29, 1.82) is 0 Å². The normalized spacial score (nSPS) is 9.93. The van der Waals surface area contributed by atoms with Gasteiger partial charge in [0, 0.05) is 35.3 Å². The molecule has 0 aliphatic rings. The molecule has 0 heterocycles. The van der Waals surface area contributed by atoms with Gasteiger partial charge < -0.3 is 19.3 Å². The monoisotopic (exact) mass is 217 g/mol. The Morgan fingerprint density at radius 2 is 1.60 bits per heavy atom. The Bertz CT molecular complexity index is 172. The van der Waals surface area contributed by atoms with Crippen LogP contribution in [0.25, 0.3) is 0 Å². The van der Waals surface area contributed by atoms with Crippen LogP contribution in [-0.4, -0.2) is 77.4 Å². The van der Waals surface area contributed by atoms with Gasteiger partial charge in [-0.3, -0.25) is 4.99 Å². The number of hydrogen-bond donors (Lipinski definition) is 0. The third kappa shape index (κ3) is 7.16. The van der Waals surface area contributed by atoms with Crippen LogP contribution in [-0.2, 0) is 9.47 Å². The number of methoxy groups -OCH3 is 1. The molecule has 0 amide bonds. The minimum atomic E-state index is 0.630. The van der Waals surface area contributed by atoms with Crippen LogP contribution in [0.1, 0.15) is 0 Å². The summed E-state index contributed by atoms with van der Waals surface area (Å²) in [4.78, 5) is 8.39. The summed E-state index contributed by atoms with van der Waals surface area (Å²) in [7, 11) is 9.57. The number of guanidine groups is 1. The average Bonchev–Trinajstić information content (AvgIpc) is 2.15. The minimum Gasteiger partial charge on any atom is -0.382 e. The third-order valence-corrected chi connectivity index (χ3v) is 1.72. The van der Waals surface area contributed by atoms with Crippen LogP contribution in [0.5, 0.6) is 0 Å². The molecule has 0 bridgehead atoms. The molecule has 0 aliphatic carbocycles. The number of hydrogen-bond acceptors (Lipinski definition) is 3. The van der Waals surface area contributed by atoms with Crippen molar-refractivity contribution in [3.8, 4) is 0 Å². The molecule has 0 spiro atoms. The number of aliphatic imine (C=N–C) groups is 1. The lowest BCUT2D eigenvalue weighted by Crippen LogP contribution is -2.35. The summed E-state index contributed by atoms with van der Waals surface area (Å²) < 4.78 is 10.2. The van der Waals surface area contributed by atoms with Gasteiger partial charge in [0.15, 0.2) is 5.96 Å². The molecule has 0 saturated heterocycles. The van der Waals surface area contributed by atoms with E-state index in [1.165, 1.54) is 0 Å². The fourth-order valence-corrected chi connectivity index (χ4v) is 1.14. The molecule has 5 heteroatoms. The maximum atomic E-state index is 5.31. The van der Waals surface area contributed by atoms with Crippen molar-refractivity contribution < 1.29 is 9.47 Å². The molecule has 0 aromatic rings. The predicted molar refractivity (Wildman–Crippen MR) is 62.4 cm³/mol. The van der Waals surface area contributed by atoms with Crippen molar-refractivity contribution in [2.45, 2.75) is 0 Å². The Hall–Kier alpha value is -0.810. The van der Waals surface area contributed by atoms with E-state index >= 15 is 0 Å². The zero-order valence-electron chi connectivity index (χ0n) is 10.5.